The molecule has 0 aliphatic rings. The second-order valence-electron chi connectivity index (χ2n) is 5.99. The molecule has 0 aromatic heterocycles. The summed E-state index contributed by atoms with van der Waals surface area (Å²) < 4.78 is 13.8. The van der Waals surface area contributed by atoms with E-state index in [0.717, 1.165) is 11.1 Å². The Balaban J connectivity index is 2.05. The zero-order valence-electron chi connectivity index (χ0n) is 14.7. The summed E-state index contributed by atoms with van der Waals surface area (Å²) in [6.45, 7) is 0. The third-order valence-electron chi connectivity index (χ3n) is 3.88. The number of hydrogen-bond acceptors (Lipinski definition) is 1. The molecule has 3 aromatic rings. The third kappa shape index (κ3) is 5.53. The molecule has 0 fully saturated rings. The number of rotatable bonds is 6. The van der Waals surface area contributed by atoms with Crippen molar-refractivity contribution < 1.29 is 4.57 Å². The quantitative estimate of drug-likeness (QED) is 0.383. The van der Waals surface area contributed by atoms with E-state index in [1.165, 1.54) is 11.6 Å². The fourth-order valence-electron chi connectivity index (χ4n) is 2.52. The molecule has 0 bridgehead atoms. The van der Waals surface area contributed by atoms with Crippen LogP contribution in [-0.4, -0.2) is 0 Å². The Bertz CT molecular complexity index is 990. The van der Waals surface area contributed by atoms with Gasteiger partial charge in [-0.3, -0.25) is 4.57 Å². The van der Waals surface area contributed by atoms with E-state index < -0.39 is 7.29 Å². The number of halogens is 3. The van der Waals surface area contributed by atoms with E-state index in [4.69, 9.17) is 34.8 Å². The fourth-order valence-corrected chi connectivity index (χ4v) is 5.64. The highest BCUT2D eigenvalue weighted by atomic mass is 35.5. The van der Waals surface area contributed by atoms with E-state index in [-0.39, 0.29) is 0 Å². The molecule has 28 heavy (non-hydrogen) atoms. The molecule has 0 heterocycles. The minimum Gasteiger partial charge on any atom is -0.329 e. The van der Waals surface area contributed by atoms with Crippen molar-refractivity contribution in [3.05, 3.63) is 113 Å². The van der Waals surface area contributed by atoms with E-state index in [0.29, 0.717) is 20.8 Å². The van der Waals surface area contributed by atoms with Crippen LogP contribution in [0.25, 0.3) is 10.1 Å². The highest BCUT2D eigenvalue weighted by molar-refractivity contribution is 7.72. The van der Waals surface area contributed by atoms with Crippen LogP contribution in [0.15, 0.2) is 96.6 Å². The first-order chi connectivity index (χ1) is 13.5. The van der Waals surface area contributed by atoms with E-state index in [2.05, 4.69) is 5.09 Å². The van der Waals surface area contributed by atoms with E-state index >= 15 is 0 Å². The highest BCUT2D eigenvalue weighted by Crippen LogP contribution is 2.54. The van der Waals surface area contributed by atoms with E-state index in [1.807, 2.05) is 66.7 Å². The van der Waals surface area contributed by atoms with Crippen LogP contribution >= 0.6 is 42.1 Å². The van der Waals surface area contributed by atoms with Crippen molar-refractivity contribution in [3.63, 3.8) is 0 Å². The Morgan fingerprint density at radius 1 is 0.714 bits per heavy atom. The predicted octanol–water partition coefficient (Wildman–Crippen LogP) is 8.50. The van der Waals surface area contributed by atoms with Gasteiger partial charge in [-0.25, -0.2) is 0 Å². The van der Waals surface area contributed by atoms with Gasteiger partial charge in [0.15, 0.2) is 0 Å². The van der Waals surface area contributed by atoms with Crippen molar-refractivity contribution >= 4 is 57.8 Å². The monoisotopic (exact) mass is 447 g/mol. The molecular weight excluding hydrogens is 432 g/mol. The molecular formula is C22H17Cl3NOP. The van der Waals surface area contributed by atoms with Gasteiger partial charge in [0.25, 0.3) is 0 Å². The second kappa shape index (κ2) is 9.49. The molecule has 0 radical (unpaired) electrons. The zero-order chi connectivity index (χ0) is 20.0. The van der Waals surface area contributed by atoms with Crippen LogP contribution in [0, 0.1) is 0 Å². The molecule has 2 nitrogen and oxygen atoms in total. The summed E-state index contributed by atoms with van der Waals surface area (Å²) in [5.41, 5.74) is 2.05. The average molecular weight is 449 g/mol. The lowest BCUT2D eigenvalue weighted by Gasteiger charge is -2.16. The molecule has 0 saturated carbocycles. The number of hydrogen-bond donors (Lipinski definition) is 1. The SMILES string of the molecule is O=P(/C=C(\Cl)c1ccccc1)(/C=C(\Cl)c1ccccc1)Nc1ccccc1Cl. The highest BCUT2D eigenvalue weighted by Gasteiger charge is 2.20. The molecule has 1 N–H and O–H groups in total. The predicted molar refractivity (Wildman–Crippen MR) is 123 cm³/mol. The van der Waals surface area contributed by atoms with Gasteiger partial charge in [0, 0.05) is 11.6 Å². The average Bonchev–Trinajstić information content (AvgIpc) is 2.71. The summed E-state index contributed by atoms with van der Waals surface area (Å²) in [4.78, 5) is 0. The van der Waals surface area contributed by atoms with Crippen LogP contribution in [0.4, 0.5) is 5.69 Å². The van der Waals surface area contributed by atoms with Gasteiger partial charge in [0.05, 0.1) is 20.8 Å². The standard InChI is InChI=1S/C22H17Cl3NOP/c23-19-13-7-8-14-22(19)26-28(27,15-20(24)17-9-3-1-4-10-17)16-21(25)18-11-5-2-6-12-18/h1-16H,(H,26,27)/b20-15-,21-16-. The molecule has 0 saturated heterocycles. The molecule has 0 spiro atoms. The van der Waals surface area contributed by atoms with Crippen LogP contribution in [0.5, 0.6) is 0 Å². The van der Waals surface area contributed by atoms with Crippen molar-refractivity contribution in [2.75, 3.05) is 5.09 Å². The fraction of sp³-hybridized carbons (Fsp3) is 0. The van der Waals surface area contributed by atoms with E-state index in [9.17, 15) is 4.57 Å². The van der Waals surface area contributed by atoms with Gasteiger partial charge >= 0.3 is 0 Å². The normalized spacial score (nSPS) is 12.7. The summed E-state index contributed by atoms with van der Waals surface area (Å²) in [6, 6.07) is 25.7. The van der Waals surface area contributed by atoms with Gasteiger partial charge in [-0.1, -0.05) is 108 Å². The smallest absolute Gasteiger partial charge is 0.216 e. The minimum absolute atomic E-state index is 0.359. The molecule has 142 valence electrons. The van der Waals surface area contributed by atoms with Crippen LogP contribution in [0.3, 0.4) is 0 Å². The van der Waals surface area contributed by atoms with Gasteiger partial charge in [-0.05, 0) is 23.3 Å². The van der Waals surface area contributed by atoms with Crippen molar-refractivity contribution in [1.82, 2.24) is 0 Å². The number of benzene rings is 3. The van der Waals surface area contributed by atoms with Gasteiger partial charge < -0.3 is 5.09 Å². The Hall–Kier alpha value is -1.96. The Morgan fingerprint density at radius 3 is 1.61 bits per heavy atom. The van der Waals surface area contributed by atoms with Crippen molar-refractivity contribution in [2.24, 2.45) is 0 Å². The summed E-state index contributed by atoms with van der Waals surface area (Å²) in [5.74, 6) is 3.00. The largest absolute Gasteiger partial charge is 0.329 e. The minimum atomic E-state index is -3.33. The lowest BCUT2D eigenvalue weighted by molar-refractivity contribution is 0.589. The molecule has 0 amide bonds. The van der Waals surface area contributed by atoms with Crippen LogP contribution in [0.1, 0.15) is 11.1 Å². The summed E-state index contributed by atoms with van der Waals surface area (Å²) in [7, 11) is -3.33. The van der Waals surface area contributed by atoms with Crippen molar-refractivity contribution in [3.8, 4) is 0 Å². The maximum Gasteiger partial charge on any atom is 0.216 e. The maximum absolute atomic E-state index is 13.8. The first kappa shape index (κ1) is 20.8. The molecule has 3 aromatic carbocycles. The van der Waals surface area contributed by atoms with Gasteiger partial charge in [0.2, 0.25) is 7.29 Å². The maximum atomic E-state index is 13.8. The third-order valence-corrected chi connectivity index (χ3v) is 7.04. The molecule has 3 rings (SSSR count). The Kier molecular flexibility index (Phi) is 7.04. The van der Waals surface area contributed by atoms with Crippen molar-refractivity contribution in [2.45, 2.75) is 0 Å². The first-order valence-corrected chi connectivity index (χ1v) is 11.4. The number of para-hydroxylation sites is 1. The van der Waals surface area contributed by atoms with Crippen LogP contribution in [0.2, 0.25) is 5.02 Å². The Morgan fingerprint density at radius 2 is 1.14 bits per heavy atom. The Labute approximate surface area is 179 Å². The molecule has 0 aliphatic carbocycles. The van der Waals surface area contributed by atoms with Crippen LogP contribution in [-0.2, 0) is 4.57 Å². The molecule has 0 aliphatic heterocycles. The van der Waals surface area contributed by atoms with E-state index in [1.54, 1.807) is 18.2 Å². The zero-order valence-corrected chi connectivity index (χ0v) is 17.9. The topological polar surface area (TPSA) is 29.1 Å². The molecule has 6 heteroatoms. The second-order valence-corrected chi connectivity index (χ2v) is 9.37. The lowest BCUT2D eigenvalue weighted by atomic mass is 10.2. The molecule has 0 atom stereocenters. The number of nitrogens with one attached hydrogen (secondary N) is 1. The number of anilines is 1. The van der Waals surface area contributed by atoms with Gasteiger partial charge in [0.1, 0.15) is 0 Å². The van der Waals surface area contributed by atoms with Gasteiger partial charge in [-0.15, -0.1) is 0 Å². The lowest BCUT2D eigenvalue weighted by Crippen LogP contribution is -1.95. The van der Waals surface area contributed by atoms with Crippen molar-refractivity contribution in [1.29, 1.82) is 0 Å². The van der Waals surface area contributed by atoms with Crippen LogP contribution < -0.4 is 5.09 Å². The summed E-state index contributed by atoms with van der Waals surface area (Å²) in [5, 5.41) is 4.20. The molecule has 0 unspecified atom stereocenters. The summed E-state index contributed by atoms with van der Waals surface area (Å²) >= 11 is 19.2. The van der Waals surface area contributed by atoms with Gasteiger partial charge in [-0.2, -0.15) is 0 Å². The first-order valence-electron chi connectivity index (χ1n) is 8.47. The summed E-state index contributed by atoms with van der Waals surface area (Å²) in [6.07, 6.45) is 0.